The number of halogens is 2. The van der Waals surface area contributed by atoms with Crippen molar-refractivity contribution < 1.29 is 12.8 Å². The van der Waals surface area contributed by atoms with Gasteiger partial charge in [0.15, 0.2) is 5.03 Å². The van der Waals surface area contributed by atoms with E-state index >= 15 is 0 Å². The summed E-state index contributed by atoms with van der Waals surface area (Å²) in [6, 6.07) is 4.21. The van der Waals surface area contributed by atoms with Gasteiger partial charge < -0.3 is 4.98 Å². The fraction of sp³-hybridized carbons (Fsp3) is 0.182. The van der Waals surface area contributed by atoms with Crippen LogP contribution in [0.3, 0.4) is 0 Å². The van der Waals surface area contributed by atoms with E-state index in [1.165, 1.54) is 37.8 Å². The molecule has 0 radical (unpaired) electrons. The number of benzene rings is 1. The molecule has 0 saturated carbocycles. The van der Waals surface area contributed by atoms with Gasteiger partial charge in [0.05, 0.1) is 12.5 Å². The highest BCUT2D eigenvalue weighted by atomic mass is 35.5. The molecule has 0 amide bonds. The Bertz CT molecular complexity index is 653. The minimum Gasteiger partial charge on any atom is -0.335 e. The van der Waals surface area contributed by atoms with E-state index in [0.29, 0.717) is 0 Å². The maximum Gasteiger partial charge on any atom is 0.260 e. The maximum absolute atomic E-state index is 13.6. The lowest BCUT2D eigenvalue weighted by molar-refractivity contribution is 0.454. The Balaban J connectivity index is 2.30. The van der Waals surface area contributed by atoms with E-state index in [0.717, 1.165) is 4.31 Å². The molecule has 0 unspecified atom stereocenters. The van der Waals surface area contributed by atoms with Crippen LogP contribution in [-0.4, -0.2) is 29.7 Å². The van der Waals surface area contributed by atoms with Gasteiger partial charge in [0.1, 0.15) is 5.82 Å². The summed E-state index contributed by atoms with van der Waals surface area (Å²) in [5.74, 6) is -0.542. The Morgan fingerprint density at radius 3 is 2.79 bits per heavy atom. The fourth-order valence-electron chi connectivity index (χ4n) is 1.54. The van der Waals surface area contributed by atoms with Crippen molar-refractivity contribution in [1.82, 2.24) is 14.3 Å². The van der Waals surface area contributed by atoms with Gasteiger partial charge in [-0.15, -0.1) is 0 Å². The topological polar surface area (TPSA) is 66.1 Å². The summed E-state index contributed by atoms with van der Waals surface area (Å²) >= 11 is 5.87. The standard InChI is InChI=1S/C11H11ClFN3O2S/c1-16(19(17,18)11-5-14-7-15-11)6-8-9(12)3-2-4-10(8)13/h2-5,7H,6H2,1H3,(H,14,15). The van der Waals surface area contributed by atoms with E-state index in [4.69, 9.17) is 11.6 Å². The second-order valence-corrected chi connectivity index (χ2v) is 6.30. The number of hydrogen-bond acceptors (Lipinski definition) is 3. The molecule has 0 saturated heterocycles. The maximum atomic E-state index is 13.6. The first-order valence-corrected chi connectivity index (χ1v) is 7.12. The quantitative estimate of drug-likeness (QED) is 0.939. The third-order valence-corrected chi connectivity index (χ3v) is 4.69. The fourth-order valence-corrected chi connectivity index (χ4v) is 2.80. The zero-order valence-corrected chi connectivity index (χ0v) is 11.5. The van der Waals surface area contributed by atoms with E-state index in [2.05, 4.69) is 9.97 Å². The van der Waals surface area contributed by atoms with Gasteiger partial charge in [0.25, 0.3) is 10.0 Å². The minimum absolute atomic E-state index is 0.0533. The van der Waals surface area contributed by atoms with Crippen LogP contribution in [0.15, 0.2) is 35.7 Å². The molecule has 1 aromatic heterocycles. The zero-order chi connectivity index (χ0) is 14.0. The minimum atomic E-state index is -3.74. The summed E-state index contributed by atoms with van der Waals surface area (Å²) in [6.07, 6.45) is 2.45. The lowest BCUT2D eigenvalue weighted by Gasteiger charge is -2.17. The van der Waals surface area contributed by atoms with Gasteiger partial charge in [0.2, 0.25) is 0 Å². The average molecular weight is 304 g/mol. The molecule has 0 aliphatic heterocycles. The summed E-state index contributed by atoms with van der Waals surface area (Å²) in [7, 11) is -2.39. The highest BCUT2D eigenvalue weighted by Crippen LogP contribution is 2.22. The number of nitrogens with zero attached hydrogens (tertiary/aromatic N) is 2. The number of imidazole rings is 1. The van der Waals surface area contributed by atoms with Crippen molar-refractivity contribution >= 4 is 21.6 Å². The SMILES string of the molecule is CN(Cc1c(F)cccc1Cl)S(=O)(=O)c1cnc[nH]1. The molecule has 2 aromatic rings. The van der Waals surface area contributed by atoms with Gasteiger partial charge in [-0.25, -0.2) is 17.8 Å². The third kappa shape index (κ3) is 2.78. The van der Waals surface area contributed by atoms with Crippen LogP contribution in [0.25, 0.3) is 0 Å². The van der Waals surface area contributed by atoms with Crippen molar-refractivity contribution in [3.63, 3.8) is 0 Å². The number of sulfonamides is 1. The first-order chi connectivity index (χ1) is 8.93. The highest BCUT2D eigenvalue weighted by Gasteiger charge is 2.24. The molecular weight excluding hydrogens is 293 g/mol. The van der Waals surface area contributed by atoms with Crippen molar-refractivity contribution in [1.29, 1.82) is 0 Å². The summed E-state index contributed by atoms with van der Waals surface area (Å²) < 4.78 is 38.8. The van der Waals surface area contributed by atoms with E-state index in [-0.39, 0.29) is 22.2 Å². The third-order valence-electron chi connectivity index (χ3n) is 2.60. The van der Waals surface area contributed by atoms with Crippen molar-refractivity contribution in [2.24, 2.45) is 0 Å². The molecule has 0 fully saturated rings. The number of H-pyrrole nitrogens is 1. The molecule has 2 rings (SSSR count). The first kappa shape index (κ1) is 14.0. The number of rotatable bonds is 4. The molecule has 0 spiro atoms. The van der Waals surface area contributed by atoms with Crippen LogP contribution in [0.1, 0.15) is 5.56 Å². The second-order valence-electron chi connectivity index (χ2n) is 3.88. The zero-order valence-electron chi connectivity index (χ0n) is 9.97. The first-order valence-electron chi connectivity index (χ1n) is 5.30. The monoisotopic (exact) mass is 303 g/mol. The van der Waals surface area contributed by atoms with Crippen molar-refractivity contribution in [2.45, 2.75) is 11.6 Å². The van der Waals surface area contributed by atoms with Crippen molar-refractivity contribution in [2.75, 3.05) is 7.05 Å². The molecule has 0 aliphatic carbocycles. The second kappa shape index (κ2) is 5.28. The van der Waals surface area contributed by atoms with E-state index in [1.807, 2.05) is 0 Å². The molecule has 1 aromatic carbocycles. The summed E-state index contributed by atoms with van der Waals surface area (Å²) in [4.78, 5) is 6.16. The molecular formula is C11H11ClFN3O2S. The van der Waals surface area contributed by atoms with Crippen LogP contribution in [0.4, 0.5) is 4.39 Å². The molecule has 1 heterocycles. The van der Waals surface area contributed by atoms with Crippen LogP contribution in [-0.2, 0) is 16.6 Å². The Morgan fingerprint density at radius 1 is 1.47 bits per heavy atom. The molecule has 19 heavy (non-hydrogen) atoms. The molecule has 8 heteroatoms. The Kier molecular flexibility index (Phi) is 3.88. The van der Waals surface area contributed by atoms with E-state index in [1.54, 1.807) is 0 Å². The van der Waals surface area contributed by atoms with Crippen LogP contribution >= 0.6 is 11.6 Å². The normalized spacial score (nSPS) is 12.0. The Morgan fingerprint density at radius 2 is 2.21 bits per heavy atom. The number of nitrogens with one attached hydrogen (secondary N) is 1. The van der Waals surface area contributed by atoms with Crippen molar-refractivity contribution in [3.05, 3.63) is 47.1 Å². The molecule has 0 bridgehead atoms. The Hall–Kier alpha value is -1.44. The number of hydrogen-bond donors (Lipinski definition) is 1. The largest absolute Gasteiger partial charge is 0.335 e. The van der Waals surface area contributed by atoms with Gasteiger partial charge in [-0.1, -0.05) is 17.7 Å². The average Bonchev–Trinajstić information content (AvgIpc) is 2.88. The number of aromatic nitrogens is 2. The Labute approximate surface area is 115 Å². The molecule has 5 nitrogen and oxygen atoms in total. The smallest absolute Gasteiger partial charge is 0.260 e. The molecule has 0 atom stereocenters. The predicted molar refractivity (Wildman–Crippen MR) is 68.7 cm³/mol. The predicted octanol–water partition coefficient (Wildman–Crippen LogP) is 2.02. The lowest BCUT2D eigenvalue weighted by Crippen LogP contribution is -2.27. The van der Waals surface area contributed by atoms with Crippen molar-refractivity contribution in [3.8, 4) is 0 Å². The summed E-state index contributed by atoms with van der Waals surface area (Å²) in [6.45, 7) is -0.160. The van der Waals surface area contributed by atoms with Crippen LogP contribution < -0.4 is 0 Å². The van der Waals surface area contributed by atoms with Gasteiger partial charge in [-0.3, -0.25) is 0 Å². The van der Waals surface area contributed by atoms with Crippen LogP contribution in [0.5, 0.6) is 0 Å². The van der Waals surface area contributed by atoms with Crippen LogP contribution in [0.2, 0.25) is 5.02 Å². The summed E-state index contributed by atoms with van der Waals surface area (Å²) in [5, 5.41) is 0.133. The van der Waals surface area contributed by atoms with Gasteiger partial charge in [-0.05, 0) is 12.1 Å². The van der Waals surface area contributed by atoms with Gasteiger partial charge in [-0.2, -0.15) is 4.31 Å². The molecule has 0 aliphatic rings. The summed E-state index contributed by atoms with van der Waals surface area (Å²) in [5.41, 5.74) is 0.134. The lowest BCUT2D eigenvalue weighted by atomic mass is 10.2. The highest BCUT2D eigenvalue weighted by molar-refractivity contribution is 7.89. The van der Waals surface area contributed by atoms with Gasteiger partial charge >= 0.3 is 0 Å². The molecule has 102 valence electrons. The molecule has 1 N–H and O–H groups in total. The van der Waals surface area contributed by atoms with E-state index < -0.39 is 15.8 Å². The number of aromatic amines is 1. The van der Waals surface area contributed by atoms with Gasteiger partial charge in [0, 0.05) is 24.2 Å². The van der Waals surface area contributed by atoms with E-state index in [9.17, 15) is 12.8 Å². The van der Waals surface area contributed by atoms with Crippen LogP contribution in [0, 0.1) is 5.82 Å².